The number of carboxylic acid groups (broad SMARTS) is 1. The largest absolute Gasteiger partial charge is 0.478 e. The van der Waals surface area contributed by atoms with Crippen LogP contribution in [0.25, 0.3) is 23.1 Å². The second-order valence-corrected chi connectivity index (χ2v) is 10.8. The zero-order valence-electron chi connectivity index (χ0n) is 21.0. The van der Waals surface area contributed by atoms with Crippen molar-refractivity contribution in [2.45, 2.75) is 18.9 Å². The number of thiazole rings is 1. The van der Waals surface area contributed by atoms with Crippen LogP contribution >= 0.6 is 11.3 Å². The van der Waals surface area contributed by atoms with Crippen LogP contribution in [0, 0.1) is 5.82 Å². The summed E-state index contributed by atoms with van der Waals surface area (Å²) in [7, 11) is 0. The average Bonchev–Trinajstić information content (AvgIpc) is 3.57. The van der Waals surface area contributed by atoms with Gasteiger partial charge < -0.3 is 9.52 Å². The lowest BCUT2D eigenvalue weighted by Crippen LogP contribution is -2.38. The Kier molecular flexibility index (Phi) is 5.71. The smallest absolute Gasteiger partial charge is 0.335 e. The minimum atomic E-state index is -1.02. The lowest BCUT2D eigenvalue weighted by molar-refractivity contribution is 0.0697. The summed E-state index contributed by atoms with van der Waals surface area (Å²) >= 11 is 1.28. The van der Waals surface area contributed by atoms with Gasteiger partial charge in [0.15, 0.2) is 4.80 Å². The Morgan fingerprint density at radius 1 is 1.02 bits per heavy atom. The molecule has 1 aliphatic carbocycles. The van der Waals surface area contributed by atoms with Crippen molar-refractivity contribution in [1.82, 2.24) is 4.57 Å². The van der Waals surface area contributed by atoms with Crippen LogP contribution in [-0.4, -0.2) is 15.6 Å². The zero-order valence-corrected chi connectivity index (χ0v) is 21.8. The molecule has 0 radical (unpaired) electrons. The molecule has 6 nitrogen and oxygen atoms in total. The predicted molar refractivity (Wildman–Crippen MR) is 150 cm³/mol. The number of fused-ring (bicyclic) bond motifs is 3. The molecule has 0 fully saturated rings. The van der Waals surface area contributed by atoms with Gasteiger partial charge in [-0.3, -0.25) is 9.36 Å². The quantitative estimate of drug-likeness (QED) is 0.325. The number of furan rings is 1. The van der Waals surface area contributed by atoms with Crippen LogP contribution in [0.3, 0.4) is 0 Å². The van der Waals surface area contributed by atoms with Crippen molar-refractivity contribution in [2.75, 3.05) is 0 Å². The van der Waals surface area contributed by atoms with Crippen molar-refractivity contribution in [3.05, 3.63) is 144 Å². The van der Waals surface area contributed by atoms with Crippen molar-refractivity contribution in [2.24, 2.45) is 4.99 Å². The first-order valence-corrected chi connectivity index (χ1v) is 13.6. The molecule has 5 aromatic rings. The summed E-state index contributed by atoms with van der Waals surface area (Å²) in [6.07, 6.45) is 3.27. The van der Waals surface area contributed by atoms with E-state index in [1.54, 1.807) is 53.1 Å². The molecule has 0 saturated heterocycles. The van der Waals surface area contributed by atoms with Crippen molar-refractivity contribution in [3.63, 3.8) is 0 Å². The van der Waals surface area contributed by atoms with Gasteiger partial charge in [0.2, 0.25) is 0 Å². The van der Waals surface area contributed by atoms with Gasteiger partial charge in [0.25, 0.3) is 5.56 Å². The summed E-state index contributed by atoms with van der Waals surface area (Å²) in [6, 6.07) is 24.1. The summed E-state index contributed by atoms with van der Waals surface area (Å²) < 4.78 is 22.0. The highest BCUT2D eigenvalue weighted by Gasteiger charge is 2.32. The Hall–Kier alpha value is -4.82. The van der Waals surface area contributed by atoms with E-state index in [1.165, 1.54) is 35.1 Å². The van der Waals surface area contributed by atoms with Crippen LogP contribution in [0.15, 0.2) is 105 Å². The Morgan fingerprint density at radius 2 is 1.85 bits per heavy atom. The maximum atomic E-state index is 13.9. The molecule has 8 heteroatoms. The molecule has 0 saturated carbocycles. The molecule has 3 aromatic carbocycles. The van der Waals surface area contributed by atoms with E-state index in [4.69, 9.17) is 9.41 Å². The van der Waals surface area contributed by atoms with Crippen molar-refractivity contribution < 1.29 is 18.7 Å². The number of rotatable bonds is 4. The fraction of sp³-hybridized carbons (Fsp3) is 0.0938. The fourth-order valence-corrected chi connectivity index (χ4v) is 6.47. The number of nitrogens with zero attached hydrogens (tertiary/aromatic N) is 2. The summed E-state index contributed by atoms with van der Waals surface area (Å²) in [5, 5.41) is 9.31. The molecular formula is C32H21FN2O4S. The van der Waals surface area contributed by atoms with E-state index in [0.29, 0.717) is 26.4 Å². The van der Waals surface area contributed by atoms with E-state index in [9.17, 15) is 19.1 Å². The van der Waals surface area contributed by atoms with E-state index < -0.39 is 12.0 Å². The Balaban J connectivity index is 1.37. The average molecular weight is 549 g/mol. The SMILES string of the molecule is O=C(O)c1cccc(-c2ccc(/C=c3/sc4n(c3=O)[C@H](c3ccc(F)cc3)C3=C(N=4)c4ccccc4CC3)o2)c1. The molecule has 2 aromatic heterocycles. The number of allylic oxidation sites excluding steroid dienone is 1. The molecule has 1 N–H and O–H groups in total. The first kappa shape index (κ1) is 24.2. The third-order valence-corrected chi connectivity index (χ3v) is 8.34. The number of aromatic nitrogens is 1. The third-order valence-electron chi connectivity index (χ3n) is 7.35. The van der Waals surface area contributed by atoms with Crippen LogP contribution in [0.4, 0.5) is 4.39 Å². The van der Waals surface area contributed by atoms with Crippen LogP contribution in [0.5, 0.6) is 0 Å². The number of hydrogen-bond acceptors (Lipinski definition) is 5. The monoisotopic (exact) mass is 548 g/mol. The third kappa shape index (κ3) is 4.04. The summed E-state index contributed by atoms with van der Waals surface area (Å²) in [6.45, 7) is 0. The van der Waals surface area contributed by atoms with Gasteiger partial charge in [-0.25, -0.2) is 14.2 Å². The predicted octanol–water partition coefficient (Wildman–Crippen LogP) is 5.42. The number of carbonyl (C=O) groups is 1. The lowest BCUT2D eigenvalue weighted by atomic mass is 9.83. The van der Waals surface area contributed by atoms with Crippen molar-refractivity contribution >= 4 is 29.1 Å². The molecule has 196 valence electrons. The second-order valence-electron chi connectivity index (χ2n) is 9.75. The van der Waals surface area contributed by atoms with E-state index >= 15 is 0 Å². The second kappa shape index (κ2) is 9.43. The maximum absolute atomic E-state index is 13.9. The maximum Gasteiger partial charge on any atom is 0.335 e. The molecule has 1 atom stereocenters. The highest BCUT2D eigenvalue weighted by atomic mass is 32.1. The number of halogens is 1. The molecule has 0 bridgehead atoms. The van der Waals surface area contributed by atoms with E-state index in [-0.39, 0.29) is 16.9 Å². The van der Waals surface area contributed by atoms with Gasteiger partial charge in [0, 0.05) is 17.2 Å². The molecule has 0 amide bonds. The highest BCUT2D eigenvalue weighted by Crippen LogP contribution is 2.41. The first-order valence-electron chi connectivity index (χ1n) is 12.8. The Morgan fingerprint density at radius 3 is 2.67 bits per heavy atom. The number of benzene rings is 3. The van der Waals surface area contributed by atoms with Gasteiger partial charge in [0.1, 0.15) is 17.3 Å². The molecule has 7 rings (SSSR count). The molecule has 0 unspecified atom stereocenters. The molecule has 0 spiro atoms. The van der Waals surface area contributed by atoms with Crippen LogP contribution < -0.4 is 14.9 Å². The molecule has 40 heavy (non-hydrogen) atoms. The van der Waals surface area contributed by atoms with Crippen LogP contribution in [0.1, 0.15) is 45.3 Å². The Labute approximate surface area is 231 Å². The standard InChI is InChI=1S/C32H21FN2O4S/c33-22-11-8-19(9-12-22)29-25-14-10-18-4-1-2-7-24(18)28(25)34-32-35(29)30(36)27(40-32)17-23-13-15-26(39-23)20-5-3-6-21(16-20)31(37)38/h1-9,11-13,15-17,29H,10,14H2,(H,37,38)/b27-17+/t29-/m1/s1. The normalized spacial score (nSPS) is 16.2. The highest BCUT2D eigenvalue weighted by molar-refractivity contribution is 7.07. The number of carboxylic acids is 1. The summed E-state index contributed by atoms with van der Waals surface area (Å²) in [5.41, 5.74) is 5.62. The molecule has 2 aliphatic rings. The molecule has 1 aliphatic heterocycles. The fourth-order valence-electron chi connectivity index (χ4n) is 5.49. The van der Waals surface area contributed by atoms with Crippen molar-refractivity contribution in [1.29, 1.82) is 0 Å². The van der Waals surface area contributed by atoms with E-state index in [2.05, 4.69) is 12.1 Å². The van der Waals surface area contributed by atoms with Gasteiger partial charge >= 0.3 is 5.97 Å². The molecular weight excluding hydrogens is 527 g/mol. The van der Waals surface area contributed by atoms with Gasteiger partial charge in [-0.15, -0.1) is 0 Å². The number of aryl methyl sites for hydroxylation is 1. The van der Waals surface area contributed by atoms with Gasteiger partial charge in [-0.1, -0.05) is 59.9 Å². The van der Waals surface area contributed by atoms with Crippen LogP contribution in [-0.2, 0) is 6.42 Å². The minimum absolute atomic E-state index is 0.162. The van der Waals surface area contributed by atoms with Gasteiger partial charge in [0.05, 0.1) is 21.8 Å². The summed E-state index contributed by atoms with van der Waals surface area (Å²) in [5.74, 6) is -0.385. The first-order chi connectivity index (χ1) is 19.5. The summed E-state index contributed by atoms with van der Waals surface area (Å²) in [4.78, 5) is 30.8. The van der Waals surface area contributed by atoms with E-state index in [0.717, 1.165) is 35.2 Å². The van der Waals surface area contributed by atoms with Gasteiger partial charge in [-0.2, -0.15) is 0 Å². The zero-order chi connectivity index (χ0) is 27.4. The lowest BCUT2D eigenvalue weighted by Gasteiger charge is -2.30. The molecule has 3 heterocycles. The van der Waals surface area contributed by atoms with E-state index in [1.807, 2.05) is 12.1 Å². The minimum Gasteiger partial charge on any atom is -0.478 e. The number of hydrogen-bond donors (Lipinski definition) is 1. The topological polar surface area (TPSA) is 84.8 Å². The van der Waals surface area contributed by atoms with Gasteiger partial charge in [-0.05, 0) is 65.9 Å². The Bertz CT molecular complexity index is 2030. The van der Waals surface area contributed by atoms with Crippen molar-refractivity contribution in [3.8, 4) is 11.3 Å². The van der Waals surface area contributed by atoms with Crippen LogP contribution in [0.2, 0.25) is 0 Å². The number of aromatic carboxylic acids is 1.